The zero-order valence-electron chi connectivity index (χ0n) is 13.2. The molecule has 120 valence electrons. The van der Waals surface area contributed by atoms with Crippen molar-refractivity contribution in [2.75, 3.05) is 26.2 Å². The second kappa shape index (κ2) is 6.32. The number of hydrogen-bond acceptors (Lipinski definition) is 3. The van der Waals surface area contributed by atoms with Crippen LogP contribution in [0.3, 0.4) is 0 Å². The van der Waals surface area contributed by atoms with E-state index in [4.69, 9.17) is 0 Å². The third-order valence-corrected chi connectivity index (χ3v) is 6.56. The lowest BCUT2D eigenvalue weighted by Crippen LogP contribution is -2.56. The zero-order valence-corrected chi connectivity index (χ0v) is 14.1. The summed E-state index contributed by atoms with van der Waals surface area (Å²) in [6.45, 7) is 4.65. The molecule has 22 heavy (non-hydrogen) atoms. The van der Waals surface area contributed by atoms with Crippen molar-refractivity contribution in [3.05, 3.63) is 22.4 Å². The van der Waals surface area contributed by atoms with Gasteiger partial charge in [0.1, 0.15) is 0 Å². The molecular weight excluding hydrogens is 292 g/mol. The Kier molecular flexibility index (Phi) is 4.23. The van der Waals surface area contributed by atoms with E-state index in [1.54, 1.807) is 0 Å². The summed E-state index contributed by atoms with van der Waals surface area (Å²) in [4.78, 5) is 18.7. The molecule has 0 unspecified atom stereocenters. The molecule has 3 aliphatic rings. The minimum atomic E-state index is 0.397. The third-order valence-electron chi connectivity index (χ3n) is 5.62. The Morgan fingerprint density at radius 1 is 1.23 bits per heavy atom. The minimum Gasteiger partial charge on any atom is -0.339 e. The number of thiophene rings is 1. The highest BCUT2D eigenvalue weighted by atomic mass is 32.1. The Labute approximate surface area is 137 Å². The summed E-state index contributed by atoms with van der Waals surface area (Å²) in [5.74, 6) is 2.10. The standard InChI is InChI=1S/C18H26N2OS/c21-18-6-5-15-13-19(12-14-3-4-14)9-8-17(15)20(18)10-7-16-2-1-11-22-16/h1-2,11,14-15,17H,3-10,12-13H2/t15-,17+/m0/s1. The molecule has 2 aliphatic heterocycles. The van der Waals surface area contributed by atoms with Crippen molar-refractivity contribution in [3.8, 4) is 0 Å². The smallest absolute Gasteiger partial charge is 0.222 e. The summed E-state index contributed by atoms with van der Waals surface area (Å²) in [5, 5.41) is 2.13. The molecule has 0 N–H and O–H groups in total. The van der Waals surface area contributed by atoms with Crippen LogP contribution in [0.4, 0.5) is 0 Å². The van der Waals surface area contributed by atoms with Gasteiger partial charge in [-0.2, -0.15) is 0 Å². The summed E-state index contributed by atoms with van der Waals surface area (Å²) in [6.07, 6.45) is 6.97. The Morgan fingerprint density at radius 3 is 2.91 bits per heavy atom. The number of fused-ring (bicyclic) bond motifs is 1. The number of carbonyl (C=O) groups is 1. The van der Waals surface area contributed by atoms with Gasteiger partial charge < -0.3 is 9.80 Å². The molecule has 0 spiro atoms. The molecule has 4 rings (SSSR count). The van der Waals surface area contributed by atoms with Crippen molar-refractivity contribution in [1.82, 2.24) is 9.80 Å². The Hall–Kier alpha value is -0.870. The maximum atomic E-state index is 12.4. The molecule has 2 atom stereocenters. The van der Waals surface area contributed by atoms with Crippen molar-refractivity contribution in [3.63, 3.8) is 0 Å². The minimum absolute atomic E-state index is 0.397. The van der Waals surface area contributed by atoms with Gasteiger partial charge in [-0.15, -0.1) is 11.3 Å². The van der Waals surface area contributed by atoms with E-state index < -0.39 is 0 Å². The molecule has 1 aromatic heterocycles. The van der Waals surface area contributed by atoms with E-state index in [2.05, 4.69) is 27.3 Å². The van der Waals surface area contributed by atoms with Gasteiger partial charge in [-0.3, -0.25) is 4.79 Å². The van der Waals surface area contributed by atoms with E-state index >= 15 is 0 Å². The molecule has 4 heteroatoms. The van der Waals surface area contributed by atoms with Crippen molar-refractivity contribution in [2.24, 2.45) is 11.8 Å². The number of rotatable bonds is 5. The van der Waals surface area contributed by atoms with Gasteiger partial charge in [-0.05, 0) is 55.4 Å². The van der Waals surface area contributed by atoms with Crippen LogP contribution in [0.15, 0.2) is 17.5 Å². The third kappa shape index (κ3) is 3.23. The summed E-state index contributed by atoms with van der Waals surface area (Å²) in [7, 11) is 0. The van der Waals surface area contributed by atoms with Crippen molar-refractivity contribution < 1.29 is 4.79 Å². The van der Waals surface area contributed by atoms with Crippen molar-refractivity contribution in [1.29, 1.82) is 0 Å². The molecule has 3 nitrogen and oxygen atoms in total. The zero-order chi connectivity index (χ0) is 14.9. The van der Waals surface area contributed by atoms with E-state index in [0.717, 1.165) is 31.7 Å². The van der Waals surface area contributed by atoms with Crippen LogP contribution in [0, 0.1) is 11.8 Å². The first-order valence-electron chi connectivity index (χ1n) is 8.84. The predicted octanol–water partition coefficient (Wildman–Crippen LogP) is 3.01. The highest BCUT2D eigenvalue weighted by Crippen LogP contribution is 2.35. The quantitative estimate of drug-likeness (QED) is 0.833. The average Bonchev–Trinajstić information content (AvgIpc) is 3.18. The Balaban J connectivity index is 1.37. The molecule has 1 aliphatic carbocycles. The first-order chi connectivity index (χ1) is 10.8. The van der Waals surface area contributed by atoms with E-state index in [-0.39, 0.29) is 0 Å². The fourth-order valence-electron chi connectivity index (χ4n) is 4.23. The first-order valence-corrected chi connectivity index (χ1v) is 9.72. The molecule has 3 fully saturated rings. The van der Waals surface area contributed by atoms with Gasteiger partial charge in [0.05, 0.1) is 0 Å². The molecule has 2 saturated heterocycles. The number of hydrogen-bond donors (Lipinski definition) is 0. The molecule has 1 amide bonds. The van der Waals surface area contributed by atoms with Crippen LogP contribution in [-0.2, 0) is 11.2 Å². The number of likely N-dealkylation sites (tertiary alicyclic amines) is 2. The largest absolute Gasteiger partial charge is 0.339 e. The molecule has 0 radical (unpaired) electrons. The predicted molar refractivity (Wildman–Crippen MR) is 90.0 cm³/mol. The highest BCUT2D eigenvalue weighted by molar-refractivity contribution is 7.09. The van der Waals surface area contributed by atoms with Crippen LogP contribution in [0.25, 0.3) is 0 Å². The van der Waals surface area contributed by atoms with Crippen LogP contribution in [0.2, 0.25) is 0 Å². The van der Waals surface area contributed by atoms with Crippen LogP contribution >= 0.6 is 11.3 Å². The molecule has 1 aromatic rings. The second-order valence-electron chi connectivity index (χ2n) is 7.27. The van der Waals surface area contributed by atoms with Crippen LogP contribution in [0.1, 0.15) is 37.0 Å². The first kappa shape index (κ1) is 14.7. The fourth-order valence-corrected chi connectivity index (χ4v) is 4.93. The summed E-state index contributed by atoms with van der Waals surface area (Å²) in [5.41, 5.74) is 0. The molecule has 0 aromatic carbocycles. The lowest BCUT2D eigenvalue weighted by atomic mass is 9.83. The van der Waals surface area contributed by atoms with E-state index in [0.29, 0.717) is 17.9 Å². The summed E-state index contributed by atoms with van der Waals surface area (Å²) >= 11 is 1.81. The second-order valence-corrected chi connectivity index (χ2v) is 8.31. The summed E-state index contributed by atoms with van der Waals surface area (Å²) in [6, 6.07) is 4.81. The van der Waals surface area contributed by atoms with Gasteiger partial charge in [0.2, 0.25) is 5.91 Å². The Bertz CT molecular complexity index is 511. The molecular formula is C18H26N2OS. The highest BCUT2D eigenvalue weighted by Gasteiger charge is 2.39. The van der Waals surface area contributed by atoms with Gasteiger partial charge in [0.15, 0.2) is 0 Å². The monoisotopic (exact) mass is 318 g/mol. The fraction of sp³-hybridized carbons (Fsp3) is 0.722. The van der Waals surface area contributed by atoms with E-state index in [1.807, 2.05) is 11.3 Å². The van der Waals surface area contributed by atoms with Gasteiger partial charge in [0, 0.05) is 43.5 Å². The molecule has 3 heterocycles. The number of carbonyl (C=O) groups excluding carboxylic acids is 1. The molecule has 1 saturated carbocycles. The van der Waals surface area contributed by atoms with Gasteiger partial charge in [0.25, 0.3) is 0 Å². The maximum Gasteiger partial charge on any atom is 0.222 e. The van der Waals surface area contributed by atoms with Gasteiger partial charge in [-0.1, -0.05) is 6.07 Å². The topological polar surface area (TPSA) is 23.6 Å². The number of piperidine rings is 2. The van der Waals surface area contributed by atoms with Crippen LogP contribution < -0.4 is 0 Å². The maximum absolute atomic E-state index is 12.4. The van der Waals surface area contributed by atoms with E-state index in [9.17, 15) is 4.79 Å². The lowest BCUT2D eigenvalue weighted by molar-refractivity contribution is -0.141. The van der Waals surface area contributed by atoms with Crippen LogP contribution in [0.5, 0.6) is 0 Å². The van der Waals surface area contributed by atoms with E-state index in [1.165, 1.54) is 43.8 Å². The normalized spacial score (nSPS) is 29.6. The number of amides is 1. The number of nitrogens with zero attached hydrogens (tertiary/aromatic N) is 2. The summed E-state index contributed by atoms with van der Waals surface area (Å²) < 4.78 is 0. The lowest BCUT2D eigenvalue weighted by Gasteiger charge is -2.47. The van der Waals surface area contributed by atoms with Crippen molar-refractivity contribution in [2.45, 2.75) is 44.6 Å². The SMILES string of the molecule is O=C1CC[C@H]2CN(CC3CC3)CC[C@H]2N1CCc1cccs1. The van der Waals surface area contributed by atoms with Crippen molar-refractivity contribution >= 4 is 17.2 Å². The Morgan fingerprint density at radius 2 is 2.14 bits per heavy atom. The molecule has 0 bridgehead atoms. The average molecular weight is 318 g/mol. The van der Waals surface area contributed by atoms with Gasteiger partial charge in [-0.25, -0.2) is 0 Å². The van der Waals surface area contributed by atoms with Gasteiger partial charge >= 0.3 is 0 Å². The van der Waals surface area contributed by atoms with Crippen LogP contribution in [-0.4, -0.2) is 47.9 Å².